The van der Waals surface area contributed by atoms with Gasteiger partial charge in [0.25, 0.3) is 0 Å². The van der Waals surface area contributed by atoms with Crippen LogP contribution in [0.2, 0.25) is 5.02 Å². The predicted molar refractivity (Wildman–Crippen MR) is 91.8 cm³/mol. The van der Waals surface area contributed by atoms with E-state index in [1.54, 1.807) is 4.90 Å². The van der Waals surface area contributed by atoms with Gasteiger partial charge in [-0.05, 0) is 76.6 Å². The van der Waals surface area contributed by atoms with Crippen molar-refractivity contribution in [3.8, 4) is 5.75 Å². The Kier molecular flexibility index (Phi) is 8.79. The molecule has 120 valence electrons. The first kappa shape index (κ1) is 18.3. The molecule has 0 radical (unpaired) electrons. The minimum absolute atomic E-state index is 0.804. The number of ether oxygens (including phenoxy) is 1. The van der Waals surface area contributed by atoms with E-state index in [0.717, 1.165) is 34.9 Å². The maximum Gasteiger partial charge on any atom is 0.119 e. The van der Waals surface area contributed by atoms with Crippen molar-refractivity contribution in [3.63, 3.8) is 0 Å². The molecule has 0 aliphatic heterocycles. The lowest BCUT2D eigenvalue weighted by Gasteiger charge is -2.14. The van der Waals surface area contributed by atoms with Gasteiger partial charge in [0, 0.05) is 5.02 Å². The second-order valence-corrected chi connectivity index (χ2v) is 6.22. The molecule has 0 amide bonds. The summed E-state index contributed by atoms with van der Waals surface area (Å²) in [6.45, 7) is 13.2. The molecule has 1 aromatic carbocycles. The summed E-state index contributed by atoms with van der Waals surface area (Å²) < 4.78 is 5.83. The van der Waals surface area contributed by atoms with Crippen molar-refractivity contribution in [1.82, 2.24) is 0 Å². The quantitative estimate of drug-likeness (QED) is 0.648. The fourth-order valence-corrected chi connectivity index (χ4v) is 2.72. The van der Waals surface area contributed by atoms with Crippen LogP contribution in [0.1, 0.15) is 50.7 Å². The molecule has 0 saturated heterocycles. The molecule has 0 bridgehead atoms. The van der Waals surface area contributed by atoms with Crippen molar-refractivity contribution in [2.45, 2.75) is 53.4 Å². The van der Waals surface area contributed by atoms with Crippen LogP contribution in [0, 0.1) is 13.8 Å². The zero-order valence-corrected chi connectivity index (χ0v) is 14.9. The van der Waals surface area contributed by atoms with E-state index in [9.17, 15) is 0 Å². The van der Waals surface area contributed by atoms with Crippen molar-refractivity contribution >= 4 is 11.6 Å². The minimum Gasteiger partial charge on any atom is -0.494 e. The summed E-state index contributed by atoms with van der Waals surface area (Å²) in [5.74, 6) is 0.946. The van der Waals surface area contributed by atoms with Crippen LogP contribution in [-0.4, -0.2) is 26.2 Å². The molecule has 0 fully saturated rings. The van der Waals surface area contributed by atoms with Crippen molar-refractivity contribution in [2.75, 3.05) is 26.2 Å². The van der Waals surface area contributed by atoms with Crippen LogP contribution in [0.25, 0.3) is 0 Å². The van der Waals surface area contributed by atoms with E-state index < -0.39 is 0 Å². The maximum absolute atomic E-state index is 6.16. The third-order valence-corrected chi connectivity index (χ3v) is 4.70. The first-order chi connectivity index (χ1) is 10.1. The van der Waals surface area contributed by atoms with E-state index in [-0.39, 0.29) is 0 Å². The summed E-state index contributed by atoms with van der Waals surface area (Å²) in [4.78, 5) is 1.71. The van der Waals surface area contributed by atoms with Crippen molar-refractivity contribution in [2.24, 2.45) is 0 Å². The highest BCUT2D eigenvalue weighted by atomic mass is 35.5. The molecule has 0 aromatic heterocycles. The Labute approximate surface area is 135 Å². The summed E-state index contributed by atoms with van der Waals surface area (Å²) in [7, 11) is 0. The number of quaternary nitrogens is 1. The average molecular weight is 313 g/mol. The molecule has 0 aliphatic rings. The fourth-order valence-electron chi connectivity index (χ4n) is 2.61. The molecule has 0 aliphatic carbocycles. The smallest absolute Gasteiger partial charge is 0.119 e. The molecule has 3 heteroatoms. The predicted octanol–water partition coefficient (Wildman–Crippen LogP) is 3.82. The van der Waals surface area contributed by atoms with E-state index in [4.69, 9.17) is 16.3 Å². The molecule has 1 rings (SSSR count). The van der Waals surface area contributed by atoms with E-state index in [2.05, 4.69) is 13.8 Å². The molecule has 1 aromatic rings. The zero-order valence-electron chi connectivity index (χ0n) is 14.1. The first-order valence-electron chi connectivity index (χ1n) is 8.31. The SMILES string of the molecule is CC[NH+](CC)CCCCCCOc1cc(C)c(Cl)c(C)c1. The third kappa shape index (κ3) is 6.71. The number of hydrogen-bond acceptors (Lipinski definition) is 1. The second-order valence-electron chi connectivity index (χ2n) is 5.84. The number of nitrogens with one attached hydrogen (secondary N) is 1. The largest absolute Gasteiger partial charge is 0.494 e. The lowest BCUT2D eigenvalue weighted by atomic mass is 10.1. The van der Waals surface area contributed by atoms with Crippen LogP contribution < -0.4 is 9.64 Å². The Balaban J connectivity index is 2.15. The summed E-state index contributed by atoms with van der Waals surface area (Å²) in [5, 5.41) is 0.848. The normalized spacial score (nSPS) is 11.1. The first-order valence-corrected chi connectivity index (χ1v) is 8.69. The van der Waals surface area contributed by atoms with Crippen LogP contribution in [0.4, 0.5) is 0 Å². The van der Waals surface area contributed by atoms with Crippen LogP contribution in [-0.2, 0) is 0 Å². The minimum atomic E-state index is 0.804. The fraction of sp³-hybridized carbons (Fsp3) is 0.667. The number of halogens is 1. The van der Waals surface area contributed by atoms with Gasteiger partial charge >= 0.3 is 0 Å². The second kappa shape index (κ2) is 10.1. The van der Waals surface area contributed by atoms with Gasteiger partial charge in [0.05, 0.1) is 26.2 Å². The van der Waals surface area contributed by atoms with Crippen LogP contribution >= 0.6 is 11.6 Å². The van der Waals surface area contributed by atoms with E-state index >= 15 is 0 Å². The summed E-state index contributed by atoms with van der Waals surface area (Å²) in [6, 6.07) is 4.05. The van der Waals surface area contributed by atoms with E-state index in [1.807, 2.05) is 26.0 Å². The van der Waals surface area contributed by atoms with E-state index in [1.165, 1.54) is 38.9 Å². The Morgan fingerprint density at radius 1 is 0.952 bits per heavy atom. The van der Waals surface area contributed by atoms with Gasteiger partial charge < -0.3 is 9.64 Å². The van der Waals surface area contributed by atoms with Crippen LogP contribution in [0.5, 0.6) is 5.75 Å². The lowest BCUT2D eigenvalue weighted by Crippen LogP contribution is -3.11. The van der Waals surface area contributed by atoms with Gasteiger partial charge in [-0.1, -0.05) is 11.6 Å². The summed E-state index contributed by atoms with van der Waals surface area (Å²) in [6.07, 6.45) is 5.03. The molecule has 0 unspecified atom stereocenters. The standard InChI is InChI=1S/C18H30ClNO/c1-5-20(6-2)11-9-7-8-10-12-21-17-13-15(3)18(19)16(4)14-17/h13-14H,5-12H2,1-4H3/p+1. The monoisotopic (exact) mass is 312 g/mol. The molecule has 1 N–H and O–H groups in total. The molecule has 2 nitrogen and oxygen atoms in total. The average Bonchev–Trinajstić information content (AvgIpc) is 2.47. The Morgan fingerprint density at radius 3 is 2.10 bits per heavy atom. The molecule has 0 atom stereocenters. The Bertz CT molecular complexity index is 393. The van der Waals surface area contributed by atoms with Gasteiger partial charge in [0.1, 0.15) is 5.75 Å². The molecule has 0 heterocycles. The molecule has 21 heavy (non-hydrogen) atoms. The van der Waals surface area contributed by atoms with Gasteiger partial charge in [0.2, 0.25) is 0 Å². The van der Waals surface area contributed by atoms with Gasteiger partial charge in [-0.3, -0.25) is 0 Å². The van der Waals surface area contributed by atoms with Gasteiger partial charge in [0.15, 0.2) is 0 Å². The summed E-state index contributed by atoms with van der Waals surface area (Å²) in [5.41, 5.74) is 2.18. The number of aryl methyl sites for hydroxylation is 2. The van der Waals surface area contributed by atoms with Gasteiger partial charge in [-0.25, -0.2) is 0 Å². The van der Waals surface area contributed by atoms with Crippen molar-refractivity contribution < 1.29 is 9.64 Å². The van der Waals surface area contributed by atoms with E-state index in [0.29, 0.717) is 0 Å². The summed E-state index contributed by atoms with van der Waals surface area (Å²) >= 11 is 6.16. The highest BCUT2D eigenvalue weighted by Crippen LogP contribution is 2.25. The number of hydrogen-bond donors (Lipinski definition) is 1. The molecule has 0 spiro atoms. The number of benzene rings is 1. The molecular formula is C18H31ClNO+. The highest BCUT2D eigenvalue weighted by molar-refractivity contribution is 6.32. The third-order valence-electron chi connectivity index (χ3n) is 4.10. The van der Waals surface area contributed by atoms with Gasteiger partial charge in [-0.2, -0.15) is 0 Å². The van der Waals surface area contributed by atoms with Crippen LogP contribution in [0.15, 0.2) is 12.1 Å². The molecular weight excluding hydrogens is 282 g/mol. The zero-order chi connectivity index (χ0) is 15.7. The van der Waals surface area contributed by atoms with Crippen molar-refractivity contribution in [3.05, 3.63) is 28.3 Å². The maximum atomic E-state index is 6.16. The molecule has 0 saturated carbocycles. The highest BCUT2D eigenvalue weighted by Gasteiger charge is 2.04. The Hall–Kier alpha value is -0.730. The lowest BCUT2D eigenvalue weighted by molar-refractivity contribution is -0.896. The number of rotatable bonds is 10. The van der Waals surface area contributed by atoms with Gasteiger partial charge in [-0.15, -0.1) is 0 Å². The topological polar surface area (TPSA) is 13.7 Å². The van der Waals surface area contributed by atoms with Crippen molar-refractivity contribution in [1.29, 1.82) is 0 Å². The van der Waals surface area contributed by atoms with Crippen LogP contribution in [0.3, 0.4) is 0 Å². The number of unbranched alkanes of at least 4 members (excludes halogenated alkanes) is 3. The Morgan fingerprint density at radius 2 is 1.52 bits per heavy atom.